The van der Waals surface area contributed by atoms with Gasteiger partial charge in [-0.05, 0) is 55.2 Å². The minimum absolute atomic E-state index is 0.0503. The highest BCUT2D eigenvalue weighted by Gasteiger charge is 2.37. The number of hydrogen-bond donors (Lipinski definition) is 0. The molecule has 1 atom stereocenters. The zero-order valence-corrected chi connectivity index (χ0v) is 20.2. The number of ether oxygens (including phenoxy) is 2. The van der Waals surface area contributed by atoms with Crippen molar-refractivity contribution in [3.63, 3.8) is 0 Å². The maximum atomic E-state index is 13.8. The highest BCUT2D eigenvalue weighted by Crippen LogP contribution is 2.32. The Bertz CT molecular complexity index is 1290. The summed E-state index contributed by atoms with van der Waals surface area (Å²) in [6.45, 7) is 4.18. The molecule has 1 aromatic heterocycles. The van der Waals surface area contributed by atoms with E-state index >= 15 is 0 Å². The van der Waals surface area contributed by atoms with Crippen molar-refractivity contribution < 1.29 is 27.1 Å². The van der Waals surface area contributed by atoms with Crippen molar-refractivity contribution in [3.8, 4) is 11.5 Å². The van der Waals surface area contributed by atoms with Gasteiger partial charge in [0.05, 0.1) is 25.7 Å². The number of furan rings is 1. The van der Waals surface area contributed by atoms with Crippen molar-refractivity contribution in [1.29, 1.82) is 0 Å². The van der Waals surface area contributed by atoms with Gasteiger partial charge in [-0.25, -0.2) is 8.42 Å². The van der Waals surface area contributed by atoms with E-state index in [1.165, 1.54) is 0 Å². The highest BCUT2D eigenvalue weighted by atomic mass is 32.2. The van der Waals surface area contributed by atoms with Crippen LogP contribution in [0.3, 0.4) is 0 Å². The first kappa shape index (κ1) is 23.2. The lowest BCUT2D eigenvalue weighted by Gasteiger charge is -2.28. The molecule has 1 aliphatic rings. The lowest BCUT2D eigenvalue weighted by atomic mass is 10.1. The number of fused-ring (bicyclic) bond motifs is 1. The molecule has 33 heavy (non-hydrogen) atoms. The zero-order valence-electron chi connectivity index (χ0n) is 19.4. The molecule has 0 unspecified atom stereocenters. The van der Waals surface area contributed by atoms with Gasteiger partial charge in [-0.1, -0.05) is 19.1 Å². The number of methoxy groups -OCH3 is 2. The minimum Gasteiger partial charge on any atom is -0.493 e. The summed E-state index contributed by atoms with van der Waals surface area (Å²) in [6, 6.07) is 10.9. The molecule has 1 fully saturated rings. The maximum absolute atomic E-state index is 13.8. The first-order chi connectivity index (χ1) is 15.8. The molecule has 8 heteroatoms. The smallest absolute Gasteiger partial charge is 0.290 e. The van der Waals surface area contributed by atoms with Crippen molar-refractivity contribution in [2.75, 3.05) is 25.7 Å². The second kappa shape index (κ2) is 9.09. The number of hydrogen-bond acceptors (Lipinski definition) is 6. The average molecular weight is 472 g/mol. The fraction of sp³-hybridized carbons (Fsp3) is 0.400. The molecule has 3 aromatic rings. The molecule has 4 rings (SSSR count). The summed E-state index contributed by atoms with van der Waals surface area (Å²) in [6.07, 6.45) is 1.29. The van der Waals surface area contributed by atoms with E-state index in [1.807, 2.05) is 37.3 Å². The van der Waals surface area contributed by atoms with Gasteiger partial charge in [0.2, 0.25) is 0 Å². The van der Waals surface area contributed by atoms with E-state index in [4.69, 9.17) is 13.9 Å². The lowest BCUT2D eigenvalue weighted by molar-refractivity contribution is 0.0649. The second-order valence-corrected chi connectivity index (χ2v) is 10.6. The molecule has 2 heterocycles. The summed E-state index contributed by atoms with van der Waals surface area (Å²) >= 11 is 0. The van der Waals surface area contributed by atoms with E-state index in [0.717, 1.165) is 28.5 Å². The second-order valence-electron chi connectivity index (χ2n) is 8.42. The molecule has 2 aromatic carbocycles. The van der Waals surface area contributed by atoms with Gasteiger partial charge >= 0.3 is 0 Å². The molecule has 1 saturated heterocycles. The Kier molecular flexibility index (Phi) is 6.38. The van der Waals surface area contributed by atoms with Crippen molar-refractivity contribution >= 4 is 26.7 Å². The Morgan fingerprint density at radius 3 is 2.45 bits per heavy atom. The van der Waals surface area contributed by atoms with Gasteiger partial charge in [0.15, 0.2) is 27.1 Å². The van der Waals surface area contributed by atoms with Crippen molar-refractivity contribution in [1.82, 2.24) is 4.90 Å². The molecule has 0 aliphatic carbocycles. The lowest BCUT2D eigenvalue weighted by Crippen LogP contribution is -2.40. The molecule has 0 radical (unpaired) electrons. The number of sulfone groups is 1. The van der Waals surface area contributed by atoms with Crippen LogP contribution in [0.5, 0.6) is 11.5 Å². The monoisotopic (exact) mass is 471 g/mol. The molecule has 0 spiro atoms. The first-order valence-electron chi connectivity index (χ1n) is 11.0. The highest BCUT2D eigenvalue weighted by molar-refractivity contribution is 7.91. The topological polar surface area (TPSA) is 86.1 Å². The Balaban J connectivity index is 1.73. The maximum Gasteiger partial charge on any atom is 0.290 e. The van der Waals surface area contributed by atoms with Crippen LogP contribution in [0.15, 0.2) is 40.8 Å². The van der Waals surface area contributed by atoms with E-state index < -0.39 is 15.9 Å². The van der Waals surface area contributed by atoms with Crippen LogP contribution < -0.4 is 9.47 Å². The molecule has 0 saturated carbocycles. The Labute approximate surface area is 194 Å². The summed E-state index contributed by atoms with van der Waals surface area (Å²) < 4.78 is 41.1. The van der Waals surface area contributed by atoms with Crippen molar-refractivity contribution in [3.05, 3.63) is 58.8 Å². The van der Waals surface area contributed by atoms with Crippen LogP contribution in [-0.2, 0) is 22.8 Å². The molecule has 1 aliphatic heterocycles. The van der Waals surface area contributed by atoms with Crippen LogP contribution in [0.4, 0.5) is 0 Å². The number of aryl methyl sites for hydroxylation is 2. The summed E-state index contributed by atoms with van der Waals surface area (Å²) in [5.74, 6) is 1.11. The number of carbonyl (C=O) groups excluding carboxylic acids is 1. The fourth-order valence-corrected chi connectivity index (χ4v) is 6.12. The first-order valence-corrected chi connectivity index (χ1v) is 12.8. The molecule has 0 bridgehead atoms. The van der Waals surface area contributed by atoms with Gasteiger partial charge in [0.25, 0.3) is 5.91 Å². The van der Waals surface area contributed by atoms with Crippen LogP contribution >= 0.6 is 0 Å². The van der Waals surface area contributed by atoms with E-state index in [0.29, 0.717) is 23.5 Å². The largest absolute Gasteiger partial charge is 0.493 e. The molecule has 176 valence electrons. The van der Waals surface area contributed by atoms with E-state index in [9.17, 15) is 13.2 Å². The van der Waals surface area contributed by atoms with Gasteiger partial charge in [-0.3, -0.25) is 4.79 Å². The van der Waals surface area contributed by atoms with Crippen LogP contribution in [0, 0.1) is 6.92 Å². The van der Waals surface area contributed by atoms with Crippen molar-refractivity contribution in [2.24, 2.45) is 0 Å². The van der Waals surface area contributed by atoms with Crippen LogP contribution in [0.1, 0.15) is 40.6 Å². The Morgan fingerprint density at radius 2 is 1.82 bits per heavy atom. The average Bonchev–Trinajstić information content (AvgIpc) is 3.35. The van der Waals surface area contributed by atoms with Gasteiger partial charge in [0.1, 0.15) is 5.58 Å². The summed E-state index contributed by atoms with van der Waals surface area (Å²) in [7, 11) is -0.0724. The number of carbonyl (C=O) groups is 1. The van der Waals surface area contributed by atoms with E-state index in [2.05, 4.69) is 6.92 Å². The van der Waals surface area contributed by atoms with Gasteiger partial charge < -0.3 is 18.8 Å². The molecular weight excluding hydrogens is 442 g/mol. The Hall–Kier alpha value is -3.00. The van der Waals surface area contributed by atoms with Crippen LogP contribution in [0.25, 0.3) is 11.0 Å². The molecule has 7 nitrogen and oxygen atoms in total. The number of nitrogens with zero attached hydrogens (tertiary/aromatic N) is 1. The van der Waals surface area contributed by atoms with Gasteiger partial charge in [-0.15, -0.1) is 0 Å². The van der Waals surface area contributed by atoms with Gasteiger partial charge in [0, 0.05) is 23.5 Å². The van der Waals surface area contributed by atoms with Crippen LogP contribution in [-0.4, -0.2) is 51.0 Å². The van der Waals surface area contributed by atoms with Crippen LogP contribution in [0.2, 0.25) is 0 Å². The van der Waals surface area contributed by atoms with Gasteiger partial charge in [-0.2, -0.15) is 0 Å². The van der Waals surface area contributed by atoms with E-state index in [1.54, 1.807) is 25.2 Å². The molecule has 1 amide bonds. The number of rotatable bonds is 7. The zero-order chi connectivity index (χ0) is 23.8. The predicted molar refractivity (Wildman–Crippen MR) is 127 cm³/mol. The Morgan fingerprint density at radius 1 is 1.09 bits per heavy atom. The third-order valence-electron chi connectivity index (χ3n) is 6.31. The normalized spacial score (nSPS) is 17.3. The third kappa shape index (κ3) is 4.57. The SMILES string of the molecule is CCc1ccc2oc(C(=O)N(Cc3ccc(OC)c(OC)c3)[C@H]3CCS(=O)(=O)C3)c(C)c2c1. The quantitative estimate of drug-likeness (QED) is 0.515. The summed E-state index contributed by atoms with van der Waals surface area (Å²) in [5.41, 5.74) is 3.39. The molecular formula is C25H29NO6S. The summed E-state index contributed by atoms with van der Waals surface area (Å²) in [4.78, 5) is 15.4. The summed E-state index contributed by atoms with van der Waals surface area (Å²) in [5, 5.41) is 0.905. The number of amides is 1. The van der Waals surface area contributed by atoms with Crippen molar-refractivity contribution in [2.45, 2.75) is 39.3 Å². The molecule has 0 N–H and O–H groups in total. The predicted octanol–water partition coefficient (Wildman–Crippen LogP) is 4.15. The third-order valence-corrected chi connectivity index (χ3v) is 8.06. The van der Waals surface area contributed by atoms with E-state index in [-0.39, 0.29) is 29.7 Å². The standard InChI is InChI=1S/C25H29NO6S/c1-5-17-6-8-21-20(12-17)16(2)24(32-21)25(27)26(19-10-11-33(28,29)15-19)14-18-7-9-22(30-3)23(13-18)31-4/h6-9,12-13,19H,5,10-11,14-15H2,1-4H3/t19-/m0/s1. The fourth-order valence-electron chi connectivity index (χ4n) is 4.39. The number of benzene rings is 2. The minimum atomic E-state index is -3.18.